The van der Waals surface area contributed by atoms with Gasteiger partial charge in [-0.05, 0) is 74.3 Å². The molecule has 2 N–H and O–H groups in total. The van der Waals surface area contributed by atoms with Crippen LogP contribution in [0.3, 0.4) is 0 Å². The van der Waals surface area contributed by atoms with Crippen LogP contribution in [0, 0.1) is 0 Å². The summed E-state index contributed by atoms with van der Waals surface area (Å²) < 4.78 is 0. The number of anilines is 1. The van der Waals surface area contributed by atoms with Crippen LogP contribution in [-0.4, -0.2) is 49.6 Å². The highest BCUT2D eigenvalue weighted by atomic mass is 32.1. The monoisotopic (exact) mass is 439 g/mol. The first-order valence-corrected chi connectivity index (χ1v) is 12.8. The third kappa shape index (κ3) is 6.47. The number of aliphatic imine (C=N–C) groups is 1. The molecule has 0 atom stereocenters. The van der Waals surface area contributed by atoms with Crippen LogP contribution >= 0.6 is 11.3 Å². The Morgan fingerprint density at radius 3 is 2.48 bits per heavy atom. The van der Waals surface area contributed by atoms with Gasteiger partial charge in [-0.2, -0.15) is 0 Å². The number of thiophene rings is 1. The van der Waals surface area contributed by atoms with E-state index in [4.69, 9.17) is 4.99 Å². The fourth-order valence-corrected chi connectivity index (χ4v) is 5.38. The standard InChI is InChI=1S/C25H37N5S/c1-2-26-25(28-23-12-16-30(17-13-23)24-11-8-18-31-24)27-19-21-9-4-5-10-22(21)20-29-14-6-3-7-15-29/h4-5,8-11,18,23H,2-3,6-7,12-17,19-20H2,1H3,(H2,26,27,28). The Hall–Kier alpha value is -2.05. The molecule has 0 bridgehead atoms. The maximum atomic E-state index is 4.96. The van der Waals surface area contributed by atoms with Crippen molar-refractivity contribution in [2.45, 2.75) is 58.2 Å². The van der Waals surface area contributed by atoms with Gasteiger partial charge in [0.2, 0.25) is 0 Å². The summed E-state index contributed by atoms with van der Waals surface area (Å²) in [4.78, 5) is 10.1. The predicted molar refractivity (Wildman–Crippen MR) is 133 cm³/mol. The summed E-state index contributed by atoms with van der Waals surface area (Å²) >= 11 is 1.84. The molecule has 31 heavy (non-hydrogen) atoms. The van der Waals surface area contributed by atoms with Crippen molar-refractivity contribution < 1.29 is 0 Å². The number of rotatable bonds is 7. The number of nitrogens with zero attached hydrogens (tertiary/aromatic N) is 3. The van der Waals surface area contributed by atoms with Gasteiger partial charge in [0.25, 0.3) is 0 Å². The maximum absolute atomic E-state index is 4.96. The minimum atomic E-state index is 0.484. The van der Waals surface area contributed by atoms with Gasteiger partial charge < -0.3 is 15.5 Å². The summed E-state index contributed by atoms with van der Waals surface area (Å²) in [6.45, 7) is 9.48. The van der Waals surface area contributed by atoms with Crippen LogP contribution in [0.1, 0.15) is 50.2 Å². The maximum Gasteiger partial charge on any atom is 0.191 e. The smallest absolute Gasteiger partial charge is 0.191 e. The Kier molecular flexibility index (Phi) is 8.24. The molecule has 3 heterocycles. The van der Waals surface area contributed by atoms with Crippen molar-refractivity contribution in [3.63, 3.8) is 0 Å². The highest BCUT2D eigenvalue weighted by Crippen LogP contribution is 2.25. The van der Waals surface area contributed by atoms with E-state index in [0.29, 0.717) is 6.04 Å². The van der Waals surface area contributed by atoms with Crippen LogP contribution in [0.25, 0.3) is 0 Å². The summed E-state index contributed by atoms with van der Waals surface area (Å²) in [5.41, 5.74) is 2.77. The van der Waals surface area contributed by atoms with E-state index >= 15 is 0 Å². The molecule has 2 aliphatic heterocycles. The van der Waals surface area contributed by atoms with Gasteiger partial charge in [-0.1, -0.05) is 30.7 Å². The number of likely N-dealkylation sites (tertiary alicyclic amines) is 1. The first-order chi connectivity index (χ1) is 15.3. The molecule has 2 aliphatic rings. The van der Waals surface area contributed by atoms with Gasteiger partial charge in [-0.15, -0.1) is 11.3 Å². The average Bonchev–Trinajstić information content (AvgIpc) is 3.35. The lowest BCUT2D eigenvalue weighted by Crippen LogP contribution is -2.48. The molecule has 0 spiro atoms. The molecule has 168 valence electrons. The van der Waals surface area contributed by atoms with E-state index in [0.717, 1.165) is 51.5 Å². The Morgan fingerprint density at radius 1 is 1.00 bits per heavy atom. The van der Waals surface area contributed by atoms with Crippen LogP contribution < -0.4 is 15.5 Å². The van der Waals surface area contributed by atoms with Crippen molar-refractivity contribution >= 4 is 22.3 Å². The van der Waals surface area contributed by atoms with E-state index in [9.17, 15) is 0 Å². The van der Waals surface area contributed by atoms with Gasteiger partial charge >= 0.3 is 0 Å². The molecule has 2 fully saturated rings. The van der Waals surface area contributed by atoms with E-state index in [1.54, 1.807) is 0 Å². The number of hydrogen-bond acceptors (Lipinski definition) is 4. The Balaban J connectivity index is 1.34. The Labute approximate surface area is 191 Å². The van der Waals surface area contributed by atoms with Gasteiger partial charge in [0.15, 0.2) is 5.96 Å². The van der Waals surface area contributed by atoms with E-state index in [1.807, 2.05) is 11.3 Å². The lowest BCUT2D eigenvalue weighted by atomic mass is 10.0. The third-order valence-electron chi connectivity index (χ3n) is 6.37. The molecule has 6 heteroatoms. The largest absolute Gasteiger partial charge is 0.363 e. The molecule has 4 rings (SSSR count). The van der Waals surface area contributed by atoms with Gasteiger partial charge in [0.1, 0.15) is 0 Å². The molecule has 2 saturated heterocycles. The Bertz CT molecular complexity index is 805. The molecule has 0 saturated carbocycles. The molecule has 0 amide bonds. The molecule has 1 aromatic heterocycles. The van der Waals surface area contributed by atoms with Crippen molar-refractivity contribution in [2.75, 3.05) is 37.6 Å². The second-order valence-corrected chi connectivity index (χ2v) is 9.58. The molecule has 5 nitrogen and oxygen atoms in total. The van der Waals surface area contributed by atoms with Crippen LogP contribution in [0.4, 0.5) is 5.00 Å². The number of guanidine groups is 1. The van der Waals surface area contributed by atoms with E-state index in [1.165, 1.54) is 48.5 Å². The second kappa shape index (κ2) is 11.5. The van der Waals surface area contributed by atoms with Crippen molar-refractivity contribution in [1.29, 1.82) is 0 Å². The summed E-state index contributed by atoms with van der Waals surface area (Å²) in [6, 6.07) is 13.7. The zero-order valence-corrected chi connectivity index (χ0v) is 19.7. The van der Waals surface area contributed by atoms with Crippen molar-refractivity contribution in [1.82, 2.24) is 15.5 Å². The summed E-state index contributed by atoms with van der Waals surface area (Å²) in [6.07, 6.45) is 6.34. The fourth-order valence-electron chi connectivity index (χ4n) is 4.60. The summed E-state index contributed by atoms with van der Waals surface area (Å²) in [7, 11) is 0. The normalized spacial score (nSPS) is 18.9. The number of benzene rings is 1. The van der Waals surface area contributed by atoms with Crippen LogP contribution in [-0.2, 0) is 13.1 Å². The summed E-state index contributed by atoms with van der Waals surface area (Å²) in [5.74, 6) is 0.949. The average molecular weight is 440 g/mol. The van der Waals surface area contributed by atoms with Crippen molar-refractivity contribution in [3.05, 3.63) is 52.9 Å². The summed E-state index contributed by atoms with van der Waals surface area (Å²) in [5, 5.41) is 10.7. The predicted octanol–water partition coefficient (Wildman–Crippen LogP) is 4.46. The quantitative estimate of drug-likeness (QED) is 0.494. The molecule has 0 aliphatic carbocycles. The number of nitrogens with one attached hydrogen (secondary N) is 2. The van der Waals surface area contributed by atoms with Gasteiger partial charge in [-0.25, -0.2) is 4.99 Å². The molecule has 0 unspecified atom stereocenters. The second-order valence-electron chi connectivity index (χ2n) is 8.66. The first kappa shape index (κ1) is 22.2. The minimum Gasteiger partial charge on any atom is -0.363 e. The van der Waals surface area contributed by atoms with Crippen LogP contribution in [0.15, 0.2) is 46.8 Å². The van der Waals surface area contributed by atoms with E-state index in [-0.39, 0.29) is 0 Å². The highest BCUT2D eigenvalue weighted by Gasteiger charge is 2.20. The molecular weight excluding hydrogens is 402 g/mol. The van der Waals surface area contributed by atoms with Crippen LogP contribution in [0.5, 0.6) is 0 Å². The van der Waals surface area contributed by atoms with Crippen molar-refractivity contribution in [3.8, 4) is 0 Å². The molecule has 1 aromatic carbocycles. The lowest BCUT2D eigenvalue weighted by Gasteiger charge is -2.33. The zero-order chi connectivity index (χ0) is 21.3. The SMILES string of the molecule is CCNC(=NCc1ccccc1CN1CCCCC1)NC1CCN(c2cccs2)CC1. The molecule has 0 radical (unpaired) electrons. The lowest BCUT2D eigenvalue weighted by molar-refractivity contribution is 0.220. The minimum absolute atomic E-state index is 0.484. The van der Waals surface area contributed by atoms with Crippen molar-refractivity contribution in [2.24, 2.45) is 4.99 Å². The highest BCUT2D eigenvalue weighted by molar-refractivity contribution is 7.14. The van der Waals surface area contributed by atoms with Crippen LogP contribution in [0.2, 0.25) is 0 Å². The topological polar surface area (TPSA) is 42.9 Å². The number of piperidine rings is 2. The first-order valence-electron chi connectivity index (χ1n) is 11.9. The van der Waals surface area contributed by atoms with E-state index < -0.39 is 0 Å². The molecular formula is C25H37N5S. The number of hydrogen-bond donors (Lipinski definition) is 2. The van der Waals surface area contributed by atoms with Gasteiger partial charge in [0, 0.05) is 32.2 Å². The Morgan fingerprint density at radius 2 is 1.77 bits per heavy atom. The van der Waals surface area contributed by atoms with Gasteiger partial charge in [0.05, 0.1) is 11.5 Å². The zero-order valence-electron chi connectivity index (χ0n) is 18.9. The molecule has 2 aromatic rings. The van der Waals surface area contributed by atoms with E-state index in [2.05, 4.69) is 69.1 Å². The third-order valence-corrected chi connectivity index (χ3v) is 7.30. The van der Waals surface area contributed by atoms with Gasteiger partial charge in [-0.3, -0.25) is 4.90 Å². The fraction of sp³-hybridized carbons (Fsp3) is 0.560.